The lowest BCUT2D eigenvalue weighted by Gasteiger charge is -2.28. The fraction of sp³-hybridized carbons (Fsp3) is 0.643. The fourth-order valence-corrected chi connectivity index (χ4v) is 3.19. The molecule has 0 aliphatic carbocycles. The molecule has 1 aromatic rings. The van der Waals surface area contributed by atoms with E-state index >= 15 is 0 Å². The van der Waals surface area contributed by atoms with Crippen LogP contribution in [0.15, 0.2) is 0 Å². The molecule has 0 atom stereocenters. The lowest BCUT2D eigenvalue weighted by Crippen LogP contribution is -2.36. The molecule has 7 heteroatoms. The number of ether oxygens (including phenoxy) is 3. The van der Waals surface area contributed by atoms with Crippen molar-refractivity contribution < 1.29 is 19.0 Å². The summed E-state index contributed by atoms with van der Waals surface area (Å²) in [5, 5.41) is 0.882. The van der Waals surface area contributed by atoms with Crippen molar-refractivity contribution in [3.05, 3.63) is 4.88 Å². The molecule has 0 aromatic carbocycles. The van der Waals surface area contributed by atoms with Gasteiger partial charge in [-0.2, -0.15) is 0 Å². The van der Waals surface area contributed by atoms with E-state index in [1.807, 2.05) is 13.8 Å². The Kier molecular flexibility index (Phi) is 5.30. The van der Waals surface area contributed by atoms with E-state index in [0.29, 0.717) is 36.1 Å². The maximum Gasteiger partial charge on any atom is 0.350 e. The number of anilines is 2. The first kappa shape index (κ1) is 15.9. The van der Waals surface area contributed by atoms with Crippen LogP contribution < -0.4 is 15.4 Å². The van der Waals surface area contributed by atoms with Crippen LogP contribution in [0.5, 0.6) is 5.75 Å². The van der Waals surface area contributed by atoms with Gasteiger partial charge >= 0.3 is 5.97 Å². The van der Waals surface area contributed by atoms with Crippen LogP contribution >= 0.6 is 11.3 Å². The highest BCUT2D eigenvalue weighted by molar-refractivity contribution is 7.19. The van der Waals surface area contributed by atoms with Crippen molar-refractivity contribution in [3.63, 3.8) is 0 Å². The van der Waals surface area contributed by atoms with Gasteiger partial charge in [-0.1, -0.05) is 0 Å². The van der Waals surface area contributed by atoms with Crippen molar-refractivity contribution in [3.8, 4) is 5.75 Å². The maximum absolute atomic E-state index is 12.0. The summed E-state index contributed by atoms with van der Waals surface area (Å²) in [6.07, 6.45) is -0.0169. The van der Waals surface area contributed by atoms with Crippen LogP contribution in [0, 0.1) is 0 Å². The van der Waals surface area contributed by atoms with Crippen LogP contribution in [0.3, 0.4) is 0 Å². The summed E-state index contributed by atoms with van der Waals surface area (Å²) < 4.78 is 16.3. The number of nitrogens with zero attached hydrogens (tertiary/aromatic N) is 1. The Hall–Kier alpha value is -1.47. The third-order valence-electron chi connectivity index (χ3n) is 2.99. The molecule has 21 heavy (non-hydrogen) atoms. The number of rotatable bonds is 5. The molecule has 1 aliphatic rings. The summed E-state index contributed by atoms with van der Waals surface area (Å²) in [6, 6.07) is 0. The largest absolute Gasteiger partial charge is 0.486 e. The second-order valence-electron chi connectivity index (χ2n) is 4.97. The lowest BCUT2D eigenvalue weighted by molar-refractivity contribution is 0.0533. The molecule has 0 amide bonds. The van der Waals surface area contributed by atoms with Gasteiger partial charge in [-0.15, -0.1) is 11.3 Å². The van der Waals surface area contributed by atoms with Crippen molar-refractivity contribution in [2.24, 2.45) is 0 Å². The maximum atomic E-state index is 12.0. The minimum absolute atomic E-state index is 0.0169. The molecule has 2 N–H and O–H groups in total. The van der Waals surface area contributed by atoms with Gasteiger partial charge in [0, 0.05) is 13.1 Å². The molecule has 0 unspecified atom stereocenters. The van der Waals surface area contributed by atoms with Crippen molar-refractivity contribution in [2.75, 3.05) is 43.5 Å². The van der Waals surface area contributed by atoms with Crippen molar-refractivity contribution in [1.82, 2.24) is 0 Å². The SMILES string of the molecule is CCOC(=O)c1sc(N2CCOCC2)c(OC(C)C)c1N. The van der Waals surface area contributed by atoms with E-state index in [9.17, 15) is 4.79 Å². The van der Waals surface area contributed by atoms with Crippen LogP contribution in [0.25, 0.3) is 0 Å². The predicted molar refractivity (Wildman–Crippen MR) is 83.5 cm³/mol. The Labute approximate surface area is 128 Å². The van der Waals surface area contributed by atoms with Crippen LogP contribution in [-0.4, -0.2) is 45.0 Å². The molecule has 0 saturated carbocycles. The Balaban J connectivity index is 2.36. The molecule has 6 nitrogen and oxygen atoms in total. The van der Waals surface area contributed by atoms with E-state index in [0.717, 1.165) is 18.1 Å². The highest BCUT2D eigenvalue weighted by Gasteiger charge is 2.27. The van der Waals surface area contributed by atoms with Gasteiger partial charge in [0.15, 0.2) is 5.75 Å². The van der Waals surface area contributed by atoms with Crippen molar-refractivity contribution in [2.45, 2.75) is 26.9 Å². The molecule has 118 valence electrons. The van der Waals surface area contributed by atoms with Crippen molar-refractivity contribution in [1.29, 1.82) is 0 Å². The molecule has 1 saturated heterocycles. The van der Waals surface area contributed by atoms with Gasteiger partial charge in [-0.05, 0) is 20.8 Å². The highest BCUT2D eigenvalue weighted by Crippen LogP contribution is 2.45. The smallest absolute Gasteiger partial charge is 0.350 e. The third-order valence-corrected chi connectivity index (χ3v) is 4.22. The standard InChI is InChI=1S/C14H22N2O4S/c1-4-19-14(17)12-10(15)11(20-9(2)3)13(21-12)16-5-7-18-8-6-16/h9H,4-8,15H2,1-3H3. The minimum Gasteiger partial charge on any atom is -0.486 e. The summed E-state index contributed by atoms with van der Waals surface area (Å²) in [5.41, 5.74) is 6.49. The number of carbonyl (C=O) groups is 1. The average molecular weight is 314 g/mol. The summed E-state index contributed by atoms with van der Waals surface area (Å²) in [4.78, 5) is 14.6. The second-order valence-corrected chi connectivity index (χ2v) is 5.96. The van der Waals surface area contributed by atoms with Gasteiger partial charge in [0.1, 0.15) is 15.6 Å². The molecule has 2 rings (SSSR count). The number of hydrogen-bond acceptors (Lipinski definition) is 7. The molecule has 0 bridgehead atoms. The average Bonchev–Trinajstić information content (AvgIpc) is 2.77. The number of nitrogens with two attached hydrogens (primary N) is 1. The Bertz CT molecular complexity index is 495. The number of esters is 1. The number of thiophene rings is 1. The van der Waals surface area contributed by atoms with Gasteiger partial charge in [-0.3, -0.25) is 0 Å². The summed E-state index contributed by atoms with van der Waals surface area (Å²) in [5.74, 6) is 0.188. The van der Waals surface area contributed by atoms with Gasteiger partial charge < -0.3 is 24.8 Å². The first-order chi connectivity index (χ1) is 10.0. The number of carbonyl (C=O) groups excluding carboxylic acids is 1. The third kappa shape index (κ3) is 3.59. The zero-order chi connectivity index (χ0) is 15.4. The zero-order valence-electron chi connectivity index (χ0n) is 12.7. The molecular formula is C14H22N2O4S. The number of nitrogen functional groups attached to an aromatic ring is 1. The second kappa shape index (κ2) is 7.00. The molecule has 0 spiro atoms. The summed E-state index contributed by atoms with van der Waals surface area (Å²) in [7, 11) is 0. The highest BCUT2D eigenvalue weighted by atomic mass is 32.1. The molecule has 1 aromatic heterocycles. The van der Waals surface area contributed by atoms with E-state index < -0.39 is 5.97 Å². The Morgan fingerprint density at radius 3 is 2.67 bits per heavy atom. The van der Waals surface area contributed by atoms with Gasteiger partial charge in [0.25, 0.3) is 0 Å². The topological polar surface area (TPSA) is 74.0 Å². The molecular weight excluding hydrogens is 292 g/mol. The van der Waals surface area contributed by atoms with Gasteiger partial charge in [0.2, 0.25) is 0 Å². The van der Waals surface area contributed by atoms with E-state index in [-0.39, 0.29) is 6.10 Å². The van der Waals surface area contributed by atoms with Crippen LogP contribution in [0.2, 0.25) is 0 Å². The number of hydrogen-bond donors (Lipinski definition) is 1. The first-order valence-corrected chi connectivity index (χ1v) is 7.95. The monoisotopic (exact) mass is 314 g/mol. The molecule has 1 aliphatic heterocycles. The Morgan fingerprint density at radius 2 is 2.10 bits per heavy atom. The zero-order valence-corrected chi connectivity index (χ0v) is 13.5. The predicted octanol–water partition coefficient (Wildman–Crippen LogP) is 2.13. The van der Waals surface area contributed by atoms with Crippen LogP contribution in [-0.2, 0) is 9.47 Å². The van der Waals surface area contributed by atoms with Crippen LogP contribution in [0.1, 0.15) is 30.4 Å². The molecule has 0 radical (unpaired) electrons. The van der Waals surface area contributed by atoms with E-state index in [2.05, 4.69) is 4.90 Å². The molecule has 1 fully saturated rings. The fourth-order valence-electron chi connectivity index (χ4n) is 2.09. The quantitative estimate of drug-likeness (QED) is 0.839. The van der Waals surface area contributed by atoms with Gasteiger partial charge in [0.05, 0.1) is 25.9 Å². The number of morpholine rings is 1. The summed E-state index contributed by atoms with van der Waals surface area (Å²) in [6.45, 7) is 8.81. The first-order valence-electron chi connectivity index (χ1n) is 7.13. The van der Waals surface area contributed by atoms with Gasteiger partial charge in [-0.25, -0.2) is 4.79 Å². The minimum atomic E-state index is -0.395. The molecule has 2 heterocycles. The van der Waals surface area contributed by atoms with E-state index in [1.54, 1.807) is 6.92 Å². The normalized spacial score (nSPS) is 15.3. The Morgan fingerprint density at radius 1 is 1.43 bits per heavy atom. The van der Waals surface area contributed by atoms with Crippen LogP contribution in [0.4, 0.5) is 10.7 Å². The summed E-state index contributed by atoms with van der Waals surface area (Å²) >= 11 is 1.33. The van der Waals surface area contributed by atoms with E-state index in [4.69, 9.17) is 19.9 Å². The van der Waals surface area contributed by atoms with Crippen molar-refractivity contribution >= 4 is 28.0 Å². The lowest BCUT2D eigenvalue weighted by atomic mass is 10.3. The van der Waals surface area contributed by atoms with E-state index in [1.165, 1.54) is 11.3 Å².